The van der Waals surface area contributed by atoms with E-state index in [4.69, 9.17) is 4.74 Å². The molecule has 0 aliphatic heterocycles. The fourth-order valence-corrected chi connectivity index (χ4v) is 3.64. The molecule has 1 aliphatic rings. The molecular weight excluding hydrogens is 350 g/mol. The average molecular weight is 367 g/mol. The van der Waals surface area contributed by atoms with Crippen molar-refractivity contribution in [3.05, 3.63) is 47.6 Å². The molecule has 3 aromatic rings. The number of fused-ring (bicyclic) bond motifs is 1. The van der Waals surface area contributed by atoms with Crippen molar-refractivity contribution in [3.8, 4) is 5.75 Å². The Bertz CT molecular complexity index is 974. The van der Waals surface area contributed by atoms with Crippen LogP contribution in [0.15, 0.2) is 42.7 Å². The highest BCUT2D eigenvalue weighted by atomic mass is 32.1. The minimum atomic E-state index is -0.104. The maximum absolute atomic E-state index is 12.3. The number of para-hydroxylation sites is 1. The number of amides is 1. The van der Waals surface area contributed by atoms with Crippen LogP contribution in [-0.2, 0) is 4.79 Å². The predicted octanol–water partition coefficient (Wildman–Crippen LogP) is 3.69. The van der Waals surface area contributed by atoms with Gasteiger partial charge in [0.05, 0.1) is 11.1 Å². The summed E-state index contributed by atoms with van der Waals surface area (Å²) in [6.07, 6.45) is 4.54. The number of ketones is 1. The van der Waals surface area contributed by atoms with Crippen molar-refractivity contribution in [2.24, 2.45) is 5.92 Å². The molecule has 1 N–H and O–H groups in total. The Morgan fingerprint density at radius 1 is 1.19 bits per heavy atom. The summed E-state index contributed by atoms with van der Waals surface area (Å²) in [6.45, 7) is 1.48. The number of anilines is 1. The maximum atomic E-state index is 12.3. The zero-order chi connectivity index (χ0) is 18.1. The summed E-state index contributed by atoms with van der Waals surface area (Å²) in [5.41, 5.74) is 0.836. The number of hydrogen-bond donors (Lipinski definition) is 1. The Balaban J connectivity index is 1.34. The second-order valence-electron chi connectivity index (χ2n) is 6.31. The molecule has 1 aliphatic carbocycles. The summed E-state index contributed by atoms with van der Waals surface area (Å²) >= 11 is 1.19. The van der Waals surface area contributed by atoms with Crippen molar-refractivity contribution in [1.82, 2.24) is 9.97 Å². The van der Waals surface area contributed by atoms with Crippen LogP contribution in [-0.4, -0.2) is 27.8 Å². The van der Waals surface area contributed by atoms with Crippen LogP contribution >= 0.6 is 11.3 Å². The molecule has 0 radical (unpaired) electrons. The third-order valence-corrected chi connectivity index (χ3v) is 5.45. The van der Waals surface area contributed by atoms with Crippen molar-refractivity contribution in [3.63, 3.8) is 0 Å². The number of pyridine rings is 1. The molecule has 2 aromatic heterocycles. The first-order chi connectivity index (χ1) is 12.6. The first kappa shape index (κ1) is 16.7. The van der Waals surface area contributed by atoms with Gasteiger partial charge in [-0.25, -0.2) is 4.98 Å². The first-order valence-corrected chi connectivity index (χ1v) is 9.20. The van der Waals surface area contributed by atoms with Crippen molar-refractivity contribution < 1.29 is 14.3 Å². The smallest absolute Gasteiger partial charge is 0.229 e. The largest absolute Gasteiger partial charge is 0.488 e. The number of ether oxygens (including phenoxy) is 1. The number of carbonyl (C=O) groups excluding carboxylic acids is 2. The van der Waals surface area contributed by atoms with Gasteiger partial charge in [-0.05, 0) is 25.0 Å². The van der Waals surface area contributed by atoms with Gasteiger partial charge in [0.15, 0.2) is 10.9 Å². The van der Waals surface area contributed by atoms with Gasteiger partial charge in [-0.3, -0.25) is 14.6 Å². The van der Waals surface area contributed by atoms with E-state index in [-0.39, 0.29) is 23.7 Å². The second kappa shape index (κ2) is 6.84. The Kier molecular flexibility index (Phi) is 4.38. The average Bonchev–Trinajstić information content (AvgIpc) is 3.06. The Hall–Kier alpha value is -2.80. The number of nitrogens with zero attached hydrogens (tertiary/aromatic N) is 2. The summed E-state index contributed by atoms with van der Waals surface area (Å²) in [7, 11) is 0. The molecule has 132 valence electrons. The number of benzene rings is 1. The molecule has 1 amide bonds. The normalized spacial score (nSPS) is 19.0. The fraction of sp³-hybridized carbons (Fsp3) is 0.263. The number of aromatic nitrogens is 2. The number of carbonyl (C=O) groups is 2. The molecular formula is C19H17N3O3S. The van der Waals surface area contributed by atoms with Crippen LogP contribution in [0.4, 0.5) is 5.13 Å². The maximum Gasteiger partial charge on any atom is 0.229 e. The van der Waals surface area contributed by atoms with Gasteiger partial charge >= 0.3 is 0 Å². The number of Topliss-reactive ketones (excluding diaryl/α,β-unsaturated/α-hetero) is 1. The fourth-order valence-electron chi connectivity index (χ4n) is 2.93. The standard InChI is InChI=1S/C19H17N3O3S/c1-11(23)16-10-21-19(26-16)22-18(24)13-8-14(9-13)25-15-6-2-4-12-5-3-7-20-17(12)15/h2-7,10,13-14H,8-9H2,1H3,(H,21,22,24)/t13-,14-. The van der Waals surface area contributed by atoms with Crippen molar-refractivity contribution in [2.75, 3.05) is 5.32 Å². The Morgan fingerprint density at radius 2 is 2.00 bits per heavy atom. The number of hydrogen-bond acceptors (Lipinski definition) is 6. The molecule has 7 heteroatoms. The van der Waals surface area contributed by atoms with Crippen molar-refractivity contribution in [1.29, 1.82) is 0 Å². The lowest BCUT2D eigenvalue weighted by Gasteiger charge is -2.34. The van der Waals surface area contributed by atoms with Gasteiger partial charge in [0.2, 0.25) is 5.91 Å². The molecule has 4 rings (SSSR count). The topological polar surface area (TPSA) is 81.2 Å². The molecule has 1 saturated carbocycles. The number of rotatable bonds is 5. The molecule has 0 atom stereocenters. The van der Waals surface area contributed by atoms with Crippen molar-refractivity contribution >= 4 is 39.1 Å². The Morgan fingerprint density at radius 3 is 2.77 bits per heavy atom. The molecule has 1 fully saturated rings. The van der Waals surface area contributed by atoms with Crippen LogP contribution in [0.25, 0.3) is 10.9 Å². The Labute approximate surface area is 154 Å². The van der Waals surface area contributed by atoms with Crippen LogP contribution in [0.2, 0.25) is 0 Å². The lowest BCUT2D eigenvalue weighted by atomic mass is 9.81. The monoisotopic (exact) mass is 367 g/mol. The van der Waals surface area contributed by atoms with Gasteiger partial charge in [-0.1, -0.05) is 29.5 Å². The summed E-state index contributed by atoms with van der Waals surface area (Å²) in [5.74, 6) is 0.514. The molecule has 0 unspecified atom stereocenters. The van der Waals surface area contributed by atoms with E-state index < -0.39 is 0 Å². The minimum absolute atomic E-state index is 0.00225. The summed E-state index contributed by atoms with van der Waals surface area (Å²) in [6, 6.07) is 9.73. The van der Waals surface area contributed by atoms with Crippen molar-refractivity contribution in [2.45, 2.75) is 25.9 Å². The van der Waals surface area contributed by atoms with E-state index in [2.05, 4.69) is 15.3 Å². The van der Waals surface area contributed by atoms with Gasteiger partial charge in [-0.15, -0.1) is 0 Å². The highest BCUT2D eigenvalue weighted by molar-refractivity contribution is 7.17. The van der Waals surface area contributed by atoms with Gasteiger partial charge in [0.25, 0.3) is 0 Å². The van der Waals surface area contributed by atoms with Gasteiger partial charge < -0.3 is 10.1 Å². The number of thiazole rings is 1. The van der Waals surface area contributed by atoms with Gasteiger partial charge in [0.1, 0.15) is 17.4 Å². The van der Waals surface area contributed by atoms with Crippen LogP contribution in [0.5, 0.6) is 5.75 Å². The molecule has 0 saturated heterocycles. The minimum Gasteiger partial charge on any atom is -0.488 e. The summed E-state index contributed by atoms with van der Waals surface area (Å²) in [4.78, 5) is 32.6. The zero-order valence-corrected chi connectivity index (χ0v) is 15.0. The molecule has 6 nitrogen and oxygen atoms in total. The first-order valence-electron chi connectivity index (χ1n) is 8.38. The van der Waals surface area contributed by atoms with Gasteiger partial charge in [0, 0.05) is 24.4 Å². The van der Waals surface area contributed by atoms with Gasteiger partial charge in [-0.2, -0.15) is 0 Å². The highest BCUT2D eigenvalue weighted by Crippen LogP contribution is 2.34. The lowest BCUT2D eigenvalue weighted by molar-refractivity contribution is -0.125. The van der Waals surface area contributed by atoms with Crippen LogP contribution in [0.1, 0.15) is 29.4 Å². The molecule has 1 aromatic carbocycles. The predicted molar refractivity (Wildman–Crippen MR) is 99.6 cm³/mol. The molecule has 0 bridgehead atoms. The molecule has 2 heterocycles. The van der Waals surface area contributed by atoms with E-state index in [1.165, 1.54) is 24.5 Å². The zero-order valence-electron chi connectivity index (χ0n) is 14.1. The SMILES string of the molecule is CC(=O)c1cnc(NC(=O)[C@H]2C[C@H](Oc3cccc4cccnc34)C2)s1. The van der Waals surface area contributed by atoms with E-state index in [9.17, 15) is 9.59 Å². The van der Waals surface area contributed by atoms with Crippen LogP contribution in [0.3, 0.4) is 0 Å². The third-order valence-electron chi connectivity index (χ3n) is 4.44. The second-order valence-corrected chi connectivity index (χ2v) is 7.35. The van der Waals surface area contributed by atoms with E-state index >= 15 is 0 Å². The van der Waals surface area contributed by atoms with E-state index in [1.54, 1.807) is 6.20 Å². The van der Waals surface area contributed by atoms with E-state index in [0.29, 0.717) is 22.9 Å². The van der Waals surface area contributed by atoms with E-state index in [1.807, 2.05) is 30.3 Å². The van der Waals surface area contributed by atoms with E-state index in [0.717, 1.165) is 16.7 Å². The summed E-state index contributed by atoms with van der Waals surface area (Å²) < 4.78 is 6.03. The quantitative estimate of drug-likeness (QED) is 0.696. The molecule has 0 spiro atoms. The summed E-state index contributed by atoms with van der Waals surface area (Å²) in [5, 5.41) is 4.27. The highest BCUT2D eigenvalue weighted by Gasteiger charge is 2.36. The lowest BCUT2D eigenvalue weighted by Crippen LogP contribution is -2.40. The molecule has 26 heavy (non-hydrogen) atoms. The number of nitrogens with one attached hydrogen (secondary N) is 1. The van der Waals surface area contributed by atoms with Crippen LogP contribution < -0.4 is 10.1 Å². The third kappa shape index (κ3) is 3.30. The van der Waals surface area contributed by atoms with Crippen LogP contribution in [0, 0.1) is 5.92 Å².